The summed E-state index contributed by atoms with van der Waals surface area (Å²) in [6.45, 7) is 9.51. The van der Waals surface area contributed by atoms with E-state index in [4.69, 9.17) is 15.6 Å². The highest BCUT2D eigenvalue weighted by molar-refractivity contribution is 5.76. The van der Waals surface area contributed by atoms with Gasteiger partial charge in [0.05, 0.1) is 12.8 Å². The monoisotopic (exact) mass is 343 g/mol. The van der Waals surface area contributed by atoms with Crippen LogP contribution in [0.3, 0.4) is 0 Å². The van der Waals surface area contributed by atoms with Crippen molar-refractivity contribution in [2.75, 3.05) is 6.54 Å². The van der Waals surface area contributed by atoms with Gasteiger partial charge in [0.25, 0.3) is 0 Å². The number of carbonyl (C=O) groups excluding carboxylic acids is 1. The van der Waals surface area contributed by atoms with E-state index in [0.717, 1.165) is 19.4 Å². The number of carbonyl (C=O) groups is 2. The van der Waals surface area contributed by atoms with Gasteiger partial charge in [0.1, 0.15) is 6.10 Å². The van der Waals surface area contributed by atoms with E-state index in [-0.39, 0.29) is 24.9 Å². The Kier molecular flexibility index (Phi) is 12.6. The van der Waals surface area contributed by atoms with Crippen LogP contribution < -0.4 is 5.73 Å². The molecule has 1 aliphatic carbocycles. The minimum atomic E-state index is -0.954. The maximum Gasteiger partial charge on any atom is 0.306 e. The predicted molar refractivity (Wildman–Crippen MR) is 96.7 cm³/mol. The van der Waals surface area contributed by atoms with Crippen LogP contribution in [0.1, 0.15) is 79.1 Å². The van der Waals surface area contributed by atoms with Gasteiger partial charge in [0.15, 0.2) is 0 Å². The minimum absolute atomic E-state index is 0.0228. The van der Waals surface area contributed by atoms with Crippen molar-refractivity contribution in [2.24, 2.45) is 23.5 Å². The van der Waals surface area contributed by atoms with E-state index in [9.17, 15) is 9.59 Å². The number of unbranched alkanes of at least 4 members (excludes halogenated alkanes) is 2. The van der Waals surface area contributed by atoms with Crippen molar-refractivity contribution in [3.63, 3.8) is 0 Å². The lowest BCUT2D eigenvalue weighted by molar-refractivity contribution is -0.158. The molecule has 0 saturated heterocycles. The molecular weight excluding hydrogens is 306 g/mol. The number of carboxylic acid groups (broad SMARTS) is 1. The fourth-order valence-corrected chi connectivity index (χ4v) is 3.08. The number of nitrogens with two attached hydrogens (primary N) is 1. The zero-order valence-corrected chi connectivity index (χ0v) is 15.9. The summed E-state index contributed by atoms with van der Waals surface area (Å²) in [7, 11) is 0. The van der Waals surface area contributed by atoms with Gasteiger partial charge < -0.3 is 15.6 Å². The molecule has 1 saturated carbocycles. The zero-order chi connectivity index (χ0) is 18.5. The van der Waals surface area contributed by atoms with Gasteiger partial charge >= 0.3 is 11.9 Å². The highest BCUT2D eigenvalue weighted by Crippen LogP contribution is 2.35. The minimum Gasteiger partial charge on any atom is -0.481 e. The van der Waals surface area contributed by atoms with Crippen molar-refractivity contribution < 1.29 is 19.4 Å². The summed E-state index contributed by atoms with van der Waals surface area (Å²) in [5.74, 6) is 0.161. The summed E-state index contributed by atoms with van der Waals surface area (Å²) >= 11 is 0. The summed E-state index contributed by atoms with van der Waals surface area (Å²) in [6.07, 6.45) is 6.74. The zero-order valence-electron chi connectivity index (χ0n) is 15.9. The van der Waals surface area contributed by atoms with Gasteiger partial charge in [-0.3, -0.25) is 9.59 Å². The van der Waals surface area contributed by atoms with Gasteiger partial charge in [-0.2, -0.15) is 0 Å². The largest absolute Gasteiger partial charge is 0.481 e. The van der Waals surface area contributed by atoms with Gasteiger partial charge in [-0.15, -0.1) is 0 Å². The summed E-state index contributed by atoms with van der Waals surface area (Å²) in [5.41, 5.74) is 5.21. The number of hydrogen-bond acceptors (Lipinski definition) is 4. The molecule has 0 spiro atoms. The third-order valence-electron chi connectivity index (χ3n) is 4.59. The van der Waals surface area contributed by atoms with Crippen LogP contribution in [0.2, 0.25) is 0 Å². The average molecular weight is 344 g/mol. The first kappa shape index (κ1) is 22.9. The summed E-state index contributed by atoms with van der Waals surface area (Å²) in [4.78, 5) is 22.0. The molecule has 1 fully saturated rings. The standard InChI is InChI=1S/C14H24O4.C5H13N/c1-9(2)11-5-4-10(3)8-12(11)18-14(17)7-6-13(15)16;1-2-3-4-5-6/h9-12H,4-8H2,1-3H3,(H,15,16);2-6H2,1H3. The second kappa shape index (κ2) is 13.2. The quantitative estimate of drug-likeness (QED) is 0.514. The van der Waals surface area contributed by atoms with E-state index in [2.05, 4.69) is 27.7 Å². The second-order valence-electron chi connectivity index (χ2n) is 7.24. The molecule has 3 N–H and O–H groups in total. The molecule has 1 rings (SSSR count). The SMILES string of the molecule is CC1CCC(C(C)C)C(OC(=O)CCC(=O)O)C1.CCCCCN. The lowest BCUT2D eigenvalue weighted by Crippen LogP contribution is -2.35. The predicted octanol–water partition coefficient (Wildman–Crippen LogP) is 3.99. The van der Waals surface area contributed by atoms with Gasteiger partial charge in [0, 0.05) is 0 Å². The second-order valence-corrected chi connectivity index (χ2v) is 7.24. The number of carboxylic acids is 1. The Morgan fingerprint density at radius 1 is 1.21 bits per heavy atom. The van der Waals surface area contributed by atoms with E-state index in [1.807, 2.05) is 0 Å². The van der Waals surface area contributed by atoms with E-state index in [0.29, 0.717) is 17.8 Å². The fourth-order valence-electron chi connectivity index (χ4n) is 3.08. The summed E-state index contributed by atoms with van der Waals surface area (Å²) < 4.78 is 5.48. The molecule has 0 aromatic carbocycles. The van der Waals surface area contributed by atoms with Crippen molar-refractivity contribution in [2.45, 2.75) is 85.2 Å². The molecule has 3 atom stereocenters. The third-order valence-corrected chi connectivity index (χ3v) is 4.59. The molecule has 0 heterocycles. The van der Waals surface area contributed by atoms with Crippen molar-refractivity contribution >= 4 is 11.9 Å². The number of ether oxygens (including phenoxy) is 1. The lowest BCUT2D eigenvalue weighted by Gasteiger charge is -2.36. The maximum absolute atomic E-state index is 11.6. The van der Waals surface area contributed by atoms with Crippen LogP contribution in [0, 0.1) is 17.8 Å². The van der Waals surface area contributed by atoms with E-state index >= 15 is 0 Å². The Labute approximate surface area is 147 Å². The highest BCUT2D eigenvalue weighted by atomic mass is 16.5. The molecule has 5 heteroatoms. The van der Waals surface area contributed by atoms with Crippen LogP contribution in [0.15, 0.2) is 0 Å². The summed E-state index contributed by atoms with van der Waals surface area (Å²) in [6, 6.07) is 0. The first-order valence-electron chi connectivity index (χ1n) is 9.43. The molecule has 0 aromatic rings. The summed E-state index contributed by atoms with van der Waals surface area (Å²) in [5, 5.41) is 8.54. The molecule has 1 aliphatic rings. The van der Waals surface area contributed by atoms with Crippen LogP contribution in [0.5, 0.6) is 0 Å². The van der Waals surface area contributed by atoms with Crippen LogP contribution in [-0.4, -0.2) is 29.7 Å². The number of rotatable bonds is 8. The Hall–Kier alpha value is -1.10. The lowest BCUT2D eigenvalue weighted by atomic mass is 9.75. The van der Waals surface area contributed by atoms with Gasteiger partial charge in [-0.1, -0.05) is 47.0 Å². The number of hydrogen-bond donors (Lipinski definition) is 2. The van der Waals surface area contributed by atoms with Crippen molar-refractivity contribution in [1.29, 1.82) is 0 Å². The molecule has 5 nitrogen and oxygen atoms in total. The number of esters is 1. The third kappa shape index (κ3) is 10.6. The normalized spacial score (nSPS) is 23.3. The van der Waals surface area contributed by atoms with Gasteiger partial charge in [-0.25, -0.2) is 0 Å². The molecular formula is C19H37NO4. The van der Waals surface area contributed by atoms with Crippen LogP contribution in [0.4, 0.5) is 0 Å². The smallest absolute Gasteiger partial charge is 0.306 e. The molecule has 0 amide bonds. The average Bonchev–Trinajstić information content (AvgIpc) is 2.51. The van der Waals surface area contributed by atoms with Crippen LogP contribution in [0.25, 0.3) is 0 Å². The highest BCUT2D eigenvalue weighted by Gasteiger charge is 2.33. The van der Waals surface area contributed by atoms with E-state index in [1.54, 1.807) is 0 Å². The molecule has 0 radical (unpaired) electrons. The Morgan fingerprint density at radius 3 is 2.33 bits per heavy atom. The molecule has 0 aliphatic heterocycles. The Morgan fingerprint density at radius 2 is 1.88 bits per heavy atom. The van der Waals surface area contributed by atoms with E-state index < -0.39 is 5.97 Å². The van der Waals surface area contributed by atoms with Crippen molar-refractivity contribution in [1.82, 2.24) is 0 Å². The maximum atomic E-state index is 11.6. The van der Waals surface area contributed by atoms with Crippen molar-refractivity contribution in [3.8, 4) is 0 Å². The first-order chi connectivity index (χ1) is 11.3. The molecule has 0 aromatic heterocycles. The molecule has 0 bridgehead atoms. The Balaban J connectivity index is 0.000000754. The van der Waals surface area contributed by atoms with Crippen molar-refractivity contribution in [3.05, 3.63) is 0 Å². The first-order valence-corrected chi connectivity index (χ1v) is 9.43. The Bertz CT molecular complexity index is 353. The van der Waals surface area contributed by atoms with E-state index in [1.165, 1.54) is 25.7 Å². The molecule has 3 unspecified atom stereocenters. The number of aliphatic carboxylic acids is 1. The molecule has 24 heavy (non-hydrogen) atoms. The van der Waals surface area contributed by atoms with Gasteiger partial charge in [0.2, 0.25) is 0 Å². The van der Waals surface area contributed by atoms with Gasteiger partial charge in [-0.05, 0) is 43.6 Å². The van der Waals surface area contributed by atoms with Crippen LogP contribution >= 0.6 is 0 Å². The molecule has 142 valence electrons. The van der Waals surface area contributed by atoms with Crippen LogP contribution in [-0.2, 0) is 14.3 Å². The topological polar surface area (TPSA) is 89.6 Å². The fraction of sp³-hybridized carbons (Fsp3) is 0.895.